The van der Waals surface area contributed by atoms with Gasteiger partial charge in [-0.2, -0.15) is 5.10 Å². The van der Waals surface area contributed by atoms with Gasteiger partial charge in [-0.05, 0) is 41.9 Å². The zero-order valence-corrected chi connectivity index (χ0v) is 14.0. The number of hydrazone groups is 1. The number of hydrogen-bond donors (Lipinski definition) is 2. The summed E-state index contributed by atoms with van der Waals surface area (Å²) in [6.07, 6.45) is 2.70. The highest BCUT2D eigenvalue weighted by Gasteiger charge is 1.96. The first kappa shape index (κ1) is 17.0. The van der Waals surface area contributed by atoms with Crippen LogP contribution < -0.4 is 15.5 Å². The molecule has 0 unspecified atom stereocenters. The number of nitrogens with zero attached hydrogens (tertiary/aromatic N) is 1. The molecule has 0 bridgehead atoms. The molecule has 2 aromatic carbocycles. The van der Waals surface area contributed by atoms with Gasteiger partial charge in [0.2, 0.25) is 0 Å². The second-order valence-corrected chi connectivity index (χ2v) is 5.37. The monoisotopic (exact) mass is 327 g/mol. The van der Waals surface area contributed by atoms with Gasteiger partial charge in [0, 0.05) is 6.54 Å². The minimum absolute atomic E-state index is 0.489. The molecular formula is C18H21N3OS. The molecule has 0 aliphatic rings. The molecule has 2 rings (SSSR count). The van der Waals surface area contributed by atoms with E-state index in [1.54, 1.807) is 6.21 Å². The number of rotatable bonds is 7. The summed E-state index contributed by atoms with van der Waals surface area (Å²) < 4.78 is 5.59. The van der Waals surface area contributed by atoms with Crippen molar-refractivity contribution in [3.8, 4) is 5.75 Å². The zero-order valence-electron chi connectivity index (χ0n) is 13.2. The fourth-order valence-electron chi connectivity index (χ4n) is 1.89. The van der Waals surface area contributed by atoms with Crippen LogP contribution in [0.5, 0.6) is 5.75 Å². The van der Waals surface area contributed by atoms with Gasteiger partial charge in [0.05, 0.1) is 12.8 Å². The molecule has 0 spiro atoms. The molecule has 0 radical (unpaired) electrons. The summed E-state index contributed by atoms with van der Waals surface area (Å²) in [5, 5.41) is 7.74. The third-order valence-corrected chi connectivity index (χ3v) is 3.24. The SMILES string of the molecule is CCCOc1cccc(/C=N/NC(=S)NCc2ccccc2)c1. The number of nitrogens with one attached hydrogen (secondary N) is 2. The molecule has 2 aromatic rings. The lowest BCUT2D eigenvalue weighted by Gasteiger charge is -2.07. The van der Waals surface area contributed by atoms with Crippen molar-refractivity contribution in [2.24, 2.45) is 5.10 Å². The van der Waals surface area contributed by atoms with Gasteiger partial charge in [-0.15, -0.1) is 0 Å². The van der Waals surface area contributed by atoms with E-state index in [9.17, 15) is 0 Å². The lowest BCUT2D eigenvalue weighted by atomic mass is 10.2. The predicted octanol–water partition coefficient (Wildman–Crippen LogP) is 3.47. The first-order chi connectivity index (χ1) is 11.3. The van der Waals surface area contributed by atoms with Crippen molar-refractivity contribution in [3.63, 3.8) is 0 Å². The van der Waals surface area contributed by atoms with Gasteiger partial charge in [-0.1, -0.05) is 49.4 Å². The van der Waals surface area contributed by atoms with Crippen molar-refractivity contribution in [1.82, 2.24) is 10.7 Å². The fourth-order valence-corrected chi connectivity index (χ4v) is 2.01. The molecule has 0 aliphatic carbocycles. The highest BCUT2D eigenvalue weighted by Crippen LogP contribution is 2.12. The third-order valence-electron chi connectivity index (χ3n) is 3.01. The molecule has 0 heterocycles. The second kappa shape index (κ2) is 9.58. The van der Waals surface area contributed by atoms with Gasteiger partial charge in [-0.3, -0.25) is 5.43 Å². The van der Waals surface area contributed by atoms with Crippen LogP contribution in [0.15, 0.2) is 59.7 Å². The van der Waals surface area contributed by atoms with Gasteiger partial charge < -0.3 is 10.1 Å². The Hall–Kier alpha value is -2.40. The van der Waals surface area contributed by atoms with Crippen LogP contribution in [-0.2, 0) is 6.54 Å². The van der Waals surface area contributed by atoms with Gasteiger partial charge in [-0.25, -0.2) is 0 Å². The molecule has 0 atom stereocenters. The molecule has 2 N–H and O–H groups in total. The van der Waals surface area contributed by atoms with Crippen LogP contribution >= 0.6 is 12.2 Å². The number of thiocarbonyl (C=S) groups is 1. The molecule has 23 heavy (non-hydrogen) atoms. The average Bonchev–Trinajstić information content (AvgIpc) is 2.59. The third kappa shape index (κ3) is 6.48. The Morgan fingerprint density at radius 3 is 2.78 bits per heavy atom. The van der Waals surface area contributed by atoms with Crippen molar-refractivity contribution >= 4 is 23.5 Å². The van der Waals surface area contributed by atoms with Crippen molar-refractivity contribution in [2.45, 2.75) is 19.9 Å². The average molecular weight is 327 g/mol. The van der Waals surface area contributed by atoms with Gasteiger partial charge in [0.15, 0.2) is 5.11 Å². The smallest absolute Gasteiger partial charge is 0.187 e. The van der Waals surface area contributed by atoms with E-state index in [1.807, 2.05) is 54.6 Å². The van der Waals surface area contributed by atoms with E-state index in [2.05, 4.69) is 22.8 Å². The van der Waals surface area contributed by atoms with Crippen LogP contribution in [-0.4, -0.2) is 17.9 Å². The zero-order chi connectivity index (χ0) is 16.3. The van der Waals surface area contributed by atoms with Crippen LogP contribution in [0, 0.1) is 0 Å². The lowest BCUT2D eigenvalue weighted by molar-refractivity contribution is 0.317. The minimum atomic E-state index is 0.489. The second-order valence-electron chi connectivity index (χ2n) is 4.96. The van der Waals surface area contributed by atoms with Crippen LogP contribution in [0.1, 0.15) is 24.5 Å². The maximum atomic E-state index is 5.59. The summed E-state index contributed by atoms with van der Waals surface area (Å²) in [4.78, 5) is 0. The number of benzene rings is 2. The highest BCUT2D eigenvalue weighted by molar-refractivity contribution is 7.80. The van der Waals surface area contributed by atoms with E-state index < -0.39 is 0 Å². The minimum Gasteiger partial charge on any atom is -0.494 e. The normalized spacial score (nSPS) is 10.5. The Labute approximate surface area is 142 Å². The van der Waals surface area contributed by atoms with E-state index in [-0.39, 0.29) is 0 Å². The van der Waals surface area contributed by atoms with Crippen molar-refractivity contribution in [3.05, 3.63) is 65.7 Å². The molecule has 120 valence electrons. The molecule has 0 aliphatic heterocycles. The van der Waals surface area contributed by atoms with E-state index in [0.717, 1.165) is 17.7 Å². The van der Waals surface area contributed by atoms with Crippen LogP contribution in [0.4, 0.5) is 0 Å². The van der Waals surface area contributed by atoms with Crippen molar-refractivity contribution in [2.75, 3.05) is 6.61 Å². The molecule has 5 heteroatoms. The summed E-state index contributed by atoms with van der Waals surface area (Å²) >= 11 is 5.19. The maximum absolute atomic E-state index is 5.59. The van der Waals surface area contributed by atoms with E-state index in [4.69, 9.17) is 17.0 Å². The van der Waals surface area contributed by atoms with Crippen molar-refractivity contribution < 1.29 is 4.74 Å². The van der Waals surface area contributed by atoms with E-state index in [0.29, 0.717) is 18.3 Å². The summed E-state index contributed by atoms with van der Waals surface area (Å²) in [7, 11) is 0. The van der Waals surface area contributed by atoms with E-state index >= 15 is 0 Å². The summed E-state index contributed by atoms with van der Waals surface area (Å²) in [5.74, 6) is 0.848. The molecular weight excluding hydrogens is 306 g/mol. The molecule has 0 fully saturated rings. The maximum Gasteiger partial charge on any atom is 0.187 e. The Morgan fingerprint density at radius 2 is 2.00 bits per heavy atom. The summed E-state index contributed by atoms with van der Waals surface area (Å²) in [6, 6.07) is 17.9. The molecule has 0 aromatic heterocycles. The molecule has 0 saturated carbocycles. The van der Waals surface area contributed by atoms with Gasteiger partial charge in [0.25, 0.3) is 0 Å². The van der Waals surface area contributed by atoms with Crippen molar-refractivity contribution in [1.29, 1.82) is 0 Å². The number of ether oxygens (including phenoxy) is 1. The standard InChI is InChI=1S/C18H21N3OS/c1-2-11-22-17-10-6-9-16(12-17)14-20-21-18(23)19-13-15-7-4-3-5-8-15/h3-10,12,14H,2,11,13H2,1H3,(H2,19,21,23)/b20-14+. The first-order valence-electron chi connectivity index (χ1n) is 7.61. The highest BCUT2D eigenvalue weighted by atomic mass is 32.1. The quantitative estimate of drug-likeness (QED) is 0.464. The molecule has 0 saturated heterocycles. The largest absolute Gasteiger partial charge is 0.494 e. The topological polar surface area (TPSA) is 45.6 Å². The Bertz CT molecular complexity index is 644. The van der Waals surface area contributed by atoms with Crippen LogP contribution in [0.3, 0.4) is 0 Å². The fraction of sp³-hybridized carbons (Fsp3) is 0.222. The van der Waals surface area contributed by atoms with E-state index in [1.165, 1.54) is 5.56 Å². The Morgan fingerprint density at radius 1 is 1.17 bits per heavy atom. The predicted molar refractivity (Wildman–Crippen MR) is 98.8 cm³/mol. The number of hydrogen-bond acceptors (Lipinski definition) is 3. The molecule has 4 nitrogen and oxygen atoms in total. The lowest BCUT2D eigenvalue weighted by Crippen LogP contribution is -2.31. The summed E-state index contributed by atoms with van der Waals surface area (Å²) in [6.45, 7) is 3.47. The summed E-state index contributed by atoms with van der Waals surface area (Å²) in [5.41, 5.74) is 4.94. The first-order valence-corrected chi connectivity index (χ1v) is 8.02. The Kier molecular flexibility index (Phi) is 7.07. The van der Waals surface area contributed by atoms with Gasteiger partial charge >= 0.3 is 0 Å². The molecule has 0 amide bonds. The van der Waals surface area contributed by atoms with Crippen LogP contribution in [0.2, 0.25) is 0 Å². The van der Waals surface area contributed by atoms with Crippen LogP contribution in [0.25, 0.3) is 0 Å². The Balaban J connectivity index is 1.78. The van der Waals surface area contributed by atoms with Gasteiger partial charge in [0.1, 0.15) is 5.75 Å².